The van der Waals surface area contributed by atoms with Crippen LogP contribution in [0.25, 0.3) is 10.9 Å². The lowest BCUT2D eigenvalue weighted by Gasteiger charge is -2.06. The Morgan fingerprint density at radius 1 is 1.24 bits per heavy atom. The maximum atomic E-state index is 12.5. The Kier molecular flexibility index (Phi) is 12.4. The van der Waals surface area contributed by atoms with Crippen molar-refractivity contribution in [1.29, 1.82) is 0 Å². The number of ketones is 1. The second-order valence-electron chi connectivity index (χ2n) is 5.84. The number of hydrogen-bond acceptors (Lipinski definition) is 4. The number of aromatic nitrogens is 1. The largest absolute Gasteiger partial charge is 0.497 e. The topological polar surface area (TPSA) is 57.5 Å². The van der Waals surface area contributed by atoms with E-state index in [9.17, 15) is 9.59 Å². The van der Waals surface area contributed by atoms with Gasteiger partial charge in [0, 0.05) is 28.2 Å². The number of halogens is 1. The van der Waals surface area contributed by atoms with E-state index in [1.165, 1.54) is 0 Å². The van der Waals surface area contributed by atoms with Crippen LogP contribution in [0, 0.1) is 0 Å². The molecule has 29 heavy (non-hydrogen) atoms. The predicted molar refractivity (Wildman–Crippen MR) is 121 cm³/mol. The Labute approximate surface area is 178 Å². The molecule has 0 radical (unpaired) electrons. The smallest absolute Gasteiger partial charge is 0.325 e. The number of allylic oxidation sites excluding steroid dienone is 3. The molecule has 2 aromatic rings. The third-order valence-electron chi connectivity index (χ3n) is 3.73. The van der Waals surface area contributed by atoms with Crippen LogP contribution in [0.4, 0.5) is 0 Å². The van der Waals surface area contributed by atoms with Crippen molar-refractivity contribution >= 4 is 34.3 Å². The average molecular weight is 422 g/mol. The molecule has 0 N–H and O–H groups in total. The van der Waals surface area contributed by atoms with E-state index < -0.39 is 0 Å². The first-order chi connectivity index (χ1) is 13.7. The first-order valence-electron chi connectivity index (χ1n) is 9.56. The molecule has 1 aromatic carbocycles. The molecule has 1 heterocycles. The Balaban J connectivity index is 0.00000116. The first kappa shape index (κ1) is 26.5. The van der Waals surface area contributed by atoms with Crippen LogP contribution in [-0.2, 0) is 16.1 Å². The molecule has 5 nitrogen and oxygen atoms in total. The molecular weight excluding hydrogens is 390 g/mol. The zero-order chi connectivity index (χ0) is 22.6. The van der Waals surface area contributed by atoms with Crippen LogP contribution in [-0.4, -0.2) is 30.0 Å². The molecule has 2 rings (SSSR count). The number of ether oxygens (including phenoxy) is 2. The van der Waals surface area contributed by atoms with E-state index in [-0.39, 0.29) is 18.3 Å². The Morgan fingerprint density at radius 3 is 2.31 bits per heavy atom. The van der Waals surface area contributed by atoms with Gasteiger partial charge in [-0.1, -0.05) is 38.1 Å². The van der Waals surface area contributed by atoms with Gasteiger partial charge in [0.25, 0.3) is 0 Å². The SMILES string of the molecule is C/C=C(\C)C(=O)c1cn(CC(=O)OCC)c2cc(OC)ccc12.C=C(C)Cl.CC. The molecule has 160 valence electrons. The normalized spacial score (nSPS) is 10.3. The monoisotopic (exact) mass is 421 g/mol. The van der Waals surface area contributed by atoms with Crippen molar-refractivity contribution in [2.75, 3.05) is 13.7 Å². The minimum atomic E-state index is -0.339. The van der Waals surface area contributed by atoms with Crippen LogP contribution < -0.4 is 4.74 Å². The fraction of sp³-hybridized carbons (Fsp3) is 0.391. The van der Waals surface area contributed by atoms with Crippen molar-refractivity contribution in [1.82, 2.24) is 4.57 Å². The van der Waals surface area contributed by atoms with Gasteiger partial charge in [-0.2, -0.15) is 0 Å². The quantitative estimate of drug-likeness (QED) is 0.319. The molecule has 0 amide bonds. The number of fused-ring (bicyclic) bond motifs is 1. The number of carbonyl (C=O) groups excluding carboxylic acids is 2. The molecule has 0 fully saturated rings. The summed E-state index contributed by atoms with van der Waals surface area (Å²) in [5.41, 5.74) is 2.00. The Morgan fingerprint density at radius 2 is 1.83 bits per heavy atom. The molecule has 0 unspecified atom stereocenters. The van der Waals surface area contributed by atoms with E-state index in [1.54, 1.807) is 50.8 Å². The van der Waals surface area contributed by atoms with Gasteiger partial charge in [-0.25, -0.2) is 0 Å². The lowest BCUT2D eigenvalue weighted by atomic mass is 10.0. The van der Waals surface area contributed by atoms with Gasteiger partial charge in [-0.3, -0.25) is 9.59 Å². The highest BCUT2D eigenvalue weighted by Crippen LogP contribution is 2.27. The molecule has 0 aliphatic heterocycles. The first-order valence-corrected chi connectivity index (χ1v) is 9.94. The lowest BCUT2D eigenvalue weighted by Crippen LogP contribution is -2.12. The van der Waals surface area contributed by atoms with E-state index in [0.29, 0.717) is 28.5 Å². The van der Waals surface area contributed by atoms with Gasteiger partial charge >= 0.3 is 5.97 Å². The van der Waals surface area contributed by atoms with Crippen molar-refractivity contribution in [3.63, 3.8) is 0 Å². The maximum absolute atomic E-state index is 12.5. The highest BCUT2D eigenvalue weighted by Gasteiger charge is 2.18. The summed E-state index contributed by atoms with van der Waals surface area (Å²) in [6.45, 7) is 14.8. The summed E-state index contributed by atoms with van der Waals surface area (Å²) in [6, 6.07) is 5.46. The average Bonchev–Trinajstić information content (AvgIpc) is 3.05. The number of carbonyl (C=O) groups is 2. The summed E-state index contributed by atoms with van der Waals surface area (Å²) in [5.74, 6) is 0.279. The van der Waals surface area contributed by atoms with Gasteiger partial charge in [0.05, 0.1) is 19.2 Å². The third-order valence-corrected chi connectivity index (χ3v) is 3.73. The van der Waals surface area contributed by atoms with Gasteiger partial charge in [0.1, 0.15) is 12.3 Å². The summed E-state index contributed by atoms with van der Waals surface area (Å²) < 4.78 is 12.0. The molecule has 0 aliphatic carbocycles. The number of hydrogen-bond donors (Lipinski definition) is 0. The predicted octanol–water partition coefficient (Wildman–Crippen LogP) is 6.15. The second kappa shape index (κ2) is 13.6. The molecule has 1 aromatic heterocycles. The van der Waals surface area contributed by atoms with E-state index in [2.05, 4.69) is 6.58 Å². The summed E-state index contributed by atoms with van der Waals surface area (Å²) in [4.78, 5) is 24.3. The molecule has 0 atom stereocenters. The van der Waals surface area contributed by atoms with Gasteiger partial charge in [-0.15, -0.1) is 0 Å². The number of methoxy groups -OCH3 is 1. The number of esters is 1. The van der Waals surface area contributed by atoms with Crippen molar-refractivity contribution in [2.24, 2.45) is 0 Å². The highest BCUT2D eigenvalue weighted by molar-refractivity contribution is 6.28. The summed E-state index contributed by atoms with van der Waals surface area (Å²) >= 11 is 5.08. The second-order valence-corrected chi connectivity index (χ2v) is 6.48. The molecule has 6 heteroatoms. The van der Waals surface area contributed by atoms with Crippen molar-refractivity contribution in [2.45, 2.75) is 48.1 Å². The fourth-order valence-corrected chi connectivity index (χ4v) is 2.40. The van der Waals surface area contributed by atoms with Crippen molar-refractivity contribution < 1.29 is 19.1 Å². The number of nitrogens with zero attached hydrogens (tertiary/aromatic N) is 1. The third kappa shape index (κ3) is 8.16. The van der Waals surface area contributed by atoms with Gasteiger partial charge in [0.2, 0.25) is 0 Å². The molecule has 0 saturated heterocycles. The maximum Gasteiger partial charge on any atom is 0.325 e. The standard InChI is InChI=1S/C18H21NO4.C3H5Cl.C2H6/c1-5-12(3)18(21)15-10-19(11-17(20)23-6-2)16-9-13(22-4)7-8-14(15)16;1-3(2)4;1-2/h5,7-10H,6,11H2,1-4H3;1H2,2H3;1-2H3/b12-5+;;. The van der Waals surface area contributed by atoms with E-state index in [1.807, 2.05) is 32.9 Å². The molecule has 0 saturated carbocycles. The molecule has 0 spiro atoms. The molecular formula is C23H32ClNO4. The van der Waals surface area contributed by atoms with Crippen LogP contribution in [0.2, 0.25) is 0 Å². The molecule has 0 aliphatic rings. The van der Waals surface area contributed by atoms with Crippen LogP contribution in [0.15, 0.2) is 47.7 Å². The lowest BCUT2D eigenvalue weighted by molar-refractivity contribution is -0.143. The van der Waals surface area contributed by atoms with Crippen LogP contribution in [0.3, 0.4) is 0 Å². The summed E-state index contributed by atoms with van der Waals surface area (Å²) in [6.07, 6.45) is 3.48. The number of Topliss-reactive ketones (excluding diaryl/α,β-unsaturated/α-hetero) is 1. The van der Waals surface area contributed by atoms with Gasteiger partial charge < -0.3 is 14.0 Å². The Bertz CT molecular complexity index is 861. The number of rotatable bonds is 6. The van der Waals surface area contributed by atoms with E-state index in [4.69, 9.17) is 21.1 Å². The molecule has 0 bridgehead atoms. The zero-order valence-corrected chi connectivity index (χ0v) is 19.2. The van der Waals surface area contributed by atoms with Crippen LogP contribution in [0.1, 0.15) is 51.9 Å². The van der Waals surface area contributed by atoms with Crippen molar-refractivity contribution in [3.05, 3.63) is 53.2 Å². The summed E-state index contributed by atoms with van der Waals surface area (Å²) in [5, 5.41) is 1.43. The highest BCUT2D eigenvalue weighted by atomic mass is 35.5. The van der Waals surface area contributed by atoms with Gasteiger partial charge in [0.15, 0.2) is 5.78 Å². The van der Waals surface area contributed by atoms with Crippen LogP contribution in [0.5, 0.6) is 5.75 Å². The van der Waals surface area contributed by atoms with E-state index in [0.717, 1.165) is 10.9 Å². The van der Waals surface area contributed by atoms with Gasteiger partial charge in [-0.05, 0) is 45.4 Å². The minimum absolute atomic E-state index is 0.0507. The summed E-state index contributed by atoms with van der Waals surface area (Å²) in [7, 11) is 1.58. The fourth-order valence-electron chi connectivity index (χ4n) is 2.40. The Hall–Kier alpha value is -2.53. The van der Waals surface area contributed by atoms with E-state index >= 15 is 0 Å². The van der Waals surface area contributed by atoms with Crippen molar-refractivity contribution in [3.8, 4) is 5.75 Å². The zero-order valence-electron chi connectivity index (χ0n) is 18.5. The number of benzene rings is 1. The van der Waals surface area contributed by atoms with Crippen LogP contribution >= 0.6 is 11.6 Å². The minimum Gasteiger partial charge on any atom is -0.497 e.